The van der Waals surface area contributed by atoms with Gasteiger partial charge in [-0.15, -0.1) is 0 Å². The lowest BCUT2D eigenvalue weighted by atomic mass is 10.2. The zero-order valence-electron chi connectivity index (χ0n) is 8.73. The van der Waals surface area contributed by atoms with Crippen molar-refractivity contribution >= 4 is 17.4 Å². The van der Waals surface area contributed by atoms with Gasteiger partial charge in [-0.2, -0.15) is 11.8 Å². The van der Waals surface area contributed by atoms with E-state index in [0.29, 0.717) is 0 Å². The number of nitrogens with two attached hydrogens (primary N) is 1. The average molecular weight is 220 g/mol. The molecule has 0 aliphatic carbocycles. The van der Waals surface area contributed by atoms with E-state index in [2.05, 4.69) is 28.8 Å². The Morgan fingerprint density at radius 1 is 1.47 bits per heavy atom. The van der Waals surface area contributed by atoms with Gasteiger partial charge in [0.2, 0.25) is 0 Å². The molecule has 0 saturated carbocycles. The second-order valence-corrected chi connectivity index (χ2v) is 5.85. The molecule has 2 atom stereocenters. The fourth-order valence-corrected chi connectivity index (χ4v) is 4.10. The molecule has 2 nitrogen and oxygen atoms in total. The topological polar surface area (TPSA) is 29.3 Å². The molecule has 2 N–H and O–H groups in total. The zero-order valence-corrected chi connectivity index (χ0v) is 9.54. The third-order valence-corrected chi connectivity index (χ3v) is 4.74. The minimum Gasteiger partial charge on any atom is -0.399 e. The Morgan fingerprint density at radius 3 is 3.07 bits per heavy atom. The first-order valence-electron chi connectivity index (χ1n) is 5.51. The van der Waals surface area contributed by atoms with Gasteiger partial charge >= 0.3 is 0 Å². The summed E-state index contributed by atoms with van der Waals surface area (Å²) in [6.07, 6.45) is 1.40. The van der Waals surface area contributed by atoms with Crippen LogP contribution in [0.4, 0.5) is 5.69 Å². The molecular formula is C12H16N2S. The molecule has 0 aromatic heterocycles. The summed E-state index contributed by atoms with van der Waals surface area (Å²) in [6, 6.07) is 9.10. The van der Waals surface area contributed by atoms with Crippen molar-refractivity contribution in [2.24, 2.45) is 0 Å². The summed E-state index contributed by atoms with van der Waals surface area (Å²) in [4.78, 5) is 2.61. The van der Waals surface area contributed by atoms with Crippen molar-refractivity contribution < 1.29 is 0 Å². The molecule has 3 rings (SSSR count). The molecule has 0 amide bonds. The second kappa shape index (κ2) is 3.72. The van der Waals surface area contributed by atoms with Crippen LogP contribution in [0.2, 0.25) is 0 Å². The number of thioether (sulfide) groups is 1. The normalized spacial score (nSPS) is 29.9. The molecule has 1 aromatic rings. The van der Waals surface area contributed by atoms with Gasteiger partial charge in [0.1, 0.15) is 0 Å². The number of nitrogen functional groups attached to an aromatic ring is 1. The monoisotopic (exact) mass is 220 g/mol. The fourth-order valence-electron chi connectivity index (χ4n) is 2.60. The van der Waals surface area contributed by atoms with Crippen LogP contribution >= 0.6 is 11.8 Å². The highest BCUT2D eigenvalue weighted by atomic mass is 32.2. The van der Waals surface area contributed by atoms with Crippen LogP contribution in [0, 0.1) is 0 Å². The third kappa shape index (κ3) is 1.86. The fraction of sp³-hybridized carbons (Fsp3) is 0.500. The minimum atomic E-state index is 0.821. The van der Waals surface area contributed by atoms with Crippen molar-refractivity contribution in [2.75, 3.05) is 18.0 Å². The van der Waals surface area contributed by atoms with Gasteiger partial charge in [0.05, 0.1) is 0 Å². The molecule has 2 bridgehead atoms. The predicted octanol–water partition coefficient (Wildman–Crippen LogP) is 1.96. The Kier molecular flexibility index (Phi) is 2.37. The van der Waals surface area contributed by atoms with E-state index in [0.717, 1.165) is 23.5 Å². The summed E-state index contributed by atoms with van der Waals surface area (Å²) in [7, 11) is 0. The summed E-state index contributed by atoms with van der Waals surface area (Å²) in [6.45, 7) is 2.34. The Morgan fingerprint density at radius 2 is 2.40 bits per heavy atom. The molecule has 2 aliphatic rings. The summed E-state index contributed by atoms with van der Waals surface area (Å²) >= 11 is 2.14. The molecule has 0 spiro atoms. The quantitative estimate of drug-likeness (QED) is 0.773. The largest absolute Gasteiger partial charge is 0.399 e. The molecule has 2 unspecified atom stereocenters. The molecule has 2 fully saturated rings. The van der Waals surface area contributed by atoms with Crippen molar-refractivity contribution in [3.63, 3.8) is 0 Å². The van der Waals surface area contributed by atoms with E-state index in [4.69, 9.17) is 5.73 Å². The van der Waals surface area contributed by atoms with Crippen LogP contribution in [0.1, 0.15) is 12.0 Å². The highest BCUT2D eigenvalue weighted by molar-refractivity contribution is 8.00. The number of anilines is 1. The standard InChI is InChI=1S/C12H16N2S/c13-10-3-1-2-9(4-10)6-14-7-12-5-11(14)8-15-12/h1-4,11-12H,5-8,13H2. The highest BCUT2D eigenvalue weighted by Gasteiger charge is 2.37. The average Bonchev–Trinajstić information content (AvgIpc) is 2.79. The molecular weight excluding hydrogens is 204 g/mol. The predicted molar refractivity (Wildman–Crippen MR) is 65.9 cm³/mol. The Balaban J connectivity index is 1.71. The molecule has 2 heterocycles. The Labute approximate surface area is 94.8 Å². The molecule has 0 radical (unpaired) electrons. The highest BCUT2D eigenvalue weighted by Crippen LogP contribution is 2.38. The van der Waals surface area contributed by atoms with E-state index in [1.165, 1.54) is 24.3 Å². The molecule has 15 heavy (non-hydrogen) atoms. The van der Waals surface area contributed by atoms with Crippen molar-refractivity contribution in [3.05, 3.63) is 29.8 Å². The van der Waals surface area contributed by atoms with Crippen LogP contribution in [-0.4, -0.2) is 28.5 Å². The first-order valence-corrected chi connectivity index (χ1v) is 6.56. The zero-order chi connectivity index (χ0) is 10.3. The van der Waals surface area contributed by atoms with E-state index in [1.807, 2.05) is 12.1 Å². The van der Waals surface area contributed by atoms with E-state index < -0.39 is 0 Å². The van der Waals surface area contributed by atoms with Crippen LogP contribution in [0.25, 0.3) is 0 Å². The van der Waals surface area contributed by atoms with Crippen molar-refractivity contribution in [1.29, 1.82) is 0 Å². The van der Waals surface area contributed by atoms with Gasteiger partial charge in [-0.25, -0.2) is 0 Å². The number of benzene rings is 1. The summed E-state index contributed by atoms with van der Waals surface area (Å²) in [5.41, 5.74) is 8.02. The SMILES string of the molecule is Nc1cccc(CN2CC3CC2CS3)c1. The van der Waals surface area contributed by atoms with Crippen LogP contribution in [0.5, 0.6) is 0 Å². The number of hydrogen-bond acceptors (Lipinski definition) is 3. The van der Waals surface area contributed by atoms with Gasteiger partial charge in [0.25, 0.3) is 0 Å². The summed E-state index contributed by atoms with van der Waals surface area (Å²) in [5.74, 6) is 1.33. The number of hydrogen-bond donors (Lipinski definition) is 1. The van der Waals surface area contributed by atoms with Crippen molar-refractivity contribution in [1.82, 2.24) is 4.90 Å². The van der Waals surface area contributed by atoms with Gasteiger partial charge < -0.3 is 5.73 Å². The summed E-state index contributed by atoms with van der Waals surface area (Å²) < 4.78 is 0. The lowest BCUT2D eigenvalue weighted by Gasteiger charge is -2.26. The maximum absolute atomic E-state index is 5.79. The van der Waals surface area contributed by atoms with Gasteiger partial charge in [0.15, 0.2) is 0 Å². The second-order valence-electron chi connectivity index (χ2n) is 4.52. The van der Waals surface area contributed by atoms with Crippen LogP contribution in [0.3, 0.4) is 0 Å². The molecule has 2 aliphatic heterocycles. The Bertz CT molecular complexity index is 366. The van der Waals surface area contributed by atoms with Gasteiger partial charge in [-0.1, -0.05) is 12.1 Å². The van der Waals surface area contributed by atoms with E-state index in [9.17, 15) is 0 Å². The number of fused-ring (bicyclic) bond motifs is 2. The number of nitrogens with zero attached hydrogens (tertiary/aromatic N) is 1. The maximum Gasteiger partial charge on any atom is 0.0317 e. The van der Waals surface area contributed by atoms with E-state index >= 15 is 0 Å². The van der Waals surface area contributed by atoms with Gasteiger partial charge in [-0.3, -0.25) is 4.90 Å². The third-order valence-electron chi connectivity index (χ3n) is 3.35. The minimum absolute atomic E-state index is 0.821. The maximum atomic E-state index is 5.79. The van der Waals surface area contributed by atoms with E-state index in [1.54, 1.807) is 0 Å². The van der Waals surface area contributed by atoms with Crippen LogP contribution in [0.15, 0.2) is 24.3 Å². The number of rotatable bonds is 2. The molecule has 1 aromatic carbocycles. The first-order chi connectivity index (χ1) is 7.31. The smallest absolute Gasteiger partial charge is 0.0317 e. The van der Waals surface area contributed by atoms with E-state index in [-0.39, 0.29) is 0 Å². The Hall–Kier alpha value is -0.670. The molecule has 80 valence electrons. The lowest BCUT2D eigenvalue weighted by Crippen LogP contribution is -2.33. The number of likely N-dealkylation sites (tertiary alicyclic amines) is 1. The lowest BCUT2D eigenvalue weighted by molar-refractivity contribution is 0.261. The van der Waals surface area contributed by atoms with Gasteiger partial charge in [0, 0.05) is 35.8 Å². The van der Waals surface area contributed by atoms with Crippen molar-refractivity contribution in [2.45, 2.75) is 24.3 Å². The van der Waals surface area contributed by atoms with Crippen LogP contribution in [-0.2, 0) is 6.54 Å². The molecule has 3 heteroatoms. The van der Waals surface area contributed by atoms with Gasteiger partial charge in [-0.05, 0) is 24.1 Å². The van der Waals surface area contributed by atoms with Crippen molar-refractivity contribution in [3.8, 4) is 0 Å². The summed E-state index contributed by atoms with van der Waals surface area (Å²) in [5, 5.41) is 0.899. The van der Waals surface area contributed by atoms with Crippen LogP contribution < -0.4 is 5.73 Å². The molecule has 2 saturated heterocycles. The first kappa shape index (κ1) is 9.55.